The SMILES string of the molecule is CCCCCCCCC(CCCCCCCOC(=O)C(=O)O)OC(=O)C(=O)O[C@H]1COC2C1OC[C@H]2OC(=O)C=O. The lowest BCUT2D eigenvalue weighted by molar-refractivity contribution is -0.177. The lowest BCUT2D eigenvalue weighted by Gasteiger charge is -2.19. The van der Waals surface area contributed by atoms with Crippen molar-refractivity contribution in [2.24, 2.45) is 0 Å². The molecule has 0 aromatic rings. The van der Waals surface area contributed by atoms with Crippen LogP contribution in [-0.4, -0.2) is 91.6 Å². The van der Waals surface area contributed by atoms with Crippen LogP contribution in [0.25, 0.3) is 0 Å². The van der Waals surface area contributed by atoms with Crippen molar-refractivity contribution >= 4 is 36.1 Å². The molecule has 0 aromatic carbocycles. The van der Waals surface area contributed by atoms with E-state index in [1.165, 1.54) is 6.42 Å². The summed E-state index contributed by atoms with van der Waals surface area (Å²) in [5.41, 5.74) is 0. The van der Waals surface area contributed by atoms with Gasteiger partial charge in [-0.1, -0.05) is 58.3 Å². The molecule has 0 saturated carbocycles. The summed E-state index contributed by atoms with van der Waals surface area (Å²) < 4.78 is 31.4. The minimum absolute atomic E-state index is 0.0266. The monoisotopic (exact) mass is 586 g/mol. The Hall–Kier alpha value is -3.06. The van der Waals surface area contributed by atoms with Gasteiger partial charge in [-0.2, -0.15) is 0 Å². The molecule has 2 heterocycles. The number of carbonyl (C=O) groups excluding carboxylic acids is 5. The molecule has 0 aliphatic carbocycles. The molecule has 0 bridgehead atoms. The average molecular weight is 587 g/mol. The topological polar surface area (TPSA) is 178 Å². The smallest absolute Gasteiger partial charge is 0.417 e. The Morgan fingerprint density at radius 1 is 0.756 bits per heavy atom. The van der Waals surface area contributed by atoms with Gasteiger partial charge < -0.3 is 33.5 Å². The van der Waals surface area contributed by atoms with Crippen LogP contribution in [-0.2, 0) is 57.2 Å². The summed E-state index contributed by atoms with van der Waals surface area (Å²) in [7, 11) is 0. The number of carboxylic acids is 1. The molecule has 0 amide bonds. The molecule has 5 atom stereocenters. The second-order valence-electron chi connectivity index (χ2n) is 10.2. The van der Waals surface area contributed by atoms with Gasteiger partial charge in [0.25, 0.3) is 0 Å². The van der Waals surface area contributed by atoms with Crippen molar-refractivity contribution in [1.29, 1.82) is 0 Å². The van der Waals surface area contributed by atoms with E-state index in [2.05, 4.69) is 11.7 Å². The molecular formula is C28H42O13. The zero-order valence-corrected chi connectivity index (χ0v) is 23.6. The van der Waals surface area contributed by atoms with Gasteiger partial charge in [-0.05, 0) is 32.1 Å². The number of fused-ring (bicyclic) bond motifs is 1. The summed E-state index contributed by atoms with van der Waals surface area (Å²) >= 11 is 0. The van der Waals surface area contributed by atoms with Crippen molar-refractivity contribution in [1.82, 2.24) is 0 Å². The number of aldehydes is 1. The maximum atomic E-state index is 12.6. The molecule has 0 aromatic heterocycles. The number of ether oxygens (including phenoxy) is 6. The van der Waals surface area contributed by atoms with Crippen LogP contribution in [0.3, 0.4) is 0 Å². The van der Waals surface area contributed by atoms with Crippen molar-refractivity contribution in [3.8, 4) is 0 Å². The van der Waals surface area contributed by atoms with Crippen LogP contribution in [0.15, 0.2) is 0 Å². The van der Waals surface area contributed by atoms with E-state index in [1.54, 1.807) is 0 Å². The third-order valence-corrected chi connectivity index (χ3v) is 6.98. The molecule has 13 heteroatoms. The Kier molecular flexibility index (Phi) is 15.9. The molecule has 13 nitrogen and oxygen atoms in total. The molecular weight excluding hydrogens is 544 g/mol. The van der Waals surface area contributed by atoms with Crippen LogP contribution in [0.4, 0.5) is 0 Å². The number of hydrogen-bond acceptors (Lipinski definition) is 12. The summed E-state index contributed by atoms with van der Waals surface area (Å²) in [4.78, 5) is 68.3. The lowest BCUT2D eigenvalue weighted by Crippen LogP contribution is -2.38. The van der Waals surface area contributed by atoms with Gasteiger partial charge in [0.2, 0.25) is 6.29 Å². The molecule has 0 radical (unpaired) electrons. The Balaban J connectivity index is 1.75. The highest BCUT2D eigenvalue weighted by Crippen LogP contribution is 2.30. The highest BCUT2D eigenvalue weighted by atomic mass is 16.7. The number of unbranched alkanes of at least 4 members (excludes halogenated alkanes) is 9. The van der Waals surface area contributed by atoms with Crippen LogP contribution < -0.4 is 0 Å². The van der Waals surface area contributed by atoms with E-state index in [4.69, 9.17) is 28.8 Å². The van der Waals surface area contributed by atoms with E-state index in [9.17, 15) is 28.8 Å². The third-order valence-electron chi connectivity index (χ3n) is 6.98. The van der Waals surface area contributed by atoms with Gasteiger partial charge in [-0.15, -0.1) is 0 Å². The molecule has 232 valence electrons. The average Bonchev–Trinajstić information content (AvgIpc) is 3.54. The number of hydrogen-bond donors (Lipinski definition) is 1. The first kappa shape index (κ1) is 34.1. The predicted octanol–water partition coefficient (Wildman–Crippen LogP) is 2.44. The van der Waals surface area contributed by atoms with Crippen molar-refractivity contribution in [3.63, 3.8) is 0 Å². The lowest BCUT2D eigenvalue weighted by atomic mass is 10.0. The Morgan fingerprint density at radius 3 is 1.85 bits per heavy atom. The highest BCUT2D eigenvalue weighted by Gasteiger charge is 2.51. The van der Waals surface area contributed by atoms with Gasteiger partial charge in [0, 0.05) is 0 Å². The summed E-state index contributed by atoms with van der Waals surface area (Å²) in [6.45, 7) is 2.12. The standard InChI is InChI=1S/C28H42O13/c1-2-3-4-5-7-10-13-19(14-11-8-6-9-12-15-36-26(33)25(31)32)39-27(34)28(35)41-21-18-38-23-20(17-37-24(21)23)40-22(30)16-29/h16,19-21,23-24H,2-15,17-18H2,1H3,(H,31,32)/t19?,20-,21+,23?,24?/m1/s1. The summed E-state index contributed by atoms with van der Waals surface area (Å²) in [5.74, 6) is -6.17. The maximum absolute atomic E-state index is 12.6. The second kappa shape index (κ2) is 19.1. The molecule has 3 unspecified atom stereocenters. The zero-order chi connectivity index (χ0) is 30.0. The van der Waals surface area contributed by atoms with Crippen LogP contribution in [0.5, 0.6) is 0 Å². The first-order valence-corrected chi connectivity index (χ1v) is 14.5. The van der Waals surface area contributed by atoms with Crippen LogP contribution in [0, 0.1) is 0 Å². The van der Waals surface area contributed by atoms with E-state index in [-0.39, 0.29) is 26.1 Å². The quantitative estimate of drug-likeness (QED) is 0.0768. The molecule has 41 heavy (non-hydrogen) atoms. The van der Waals surface area contributed by atoms with Gasteiger partial charge in [-0.3, -0.25) is 4.79 Å². The molecule has 2 aliphatic rings. The normalized spacial score (nSPS) is 21.9. The minimum atomic E-state index is -1.61. The number of carboxylic acid groups (broad SMARTS) is 1. The van der Waals surface area contributed by atoms with Gasteiger partial charge in [0.1, 0.15) is 18.3 Å². The fourth-order valence-corrected chi connectivity index (χ4v) is 4.84. The molecule has 2 aliphatic heterocycles. The van der Waals surface area contributed by atoms with Crippen LogP contribution in [0.2, 0.25) is 0 Å². The molecule has 2 rings (SSSR count). The first-order chi connectivity index (χ1) is 19.8. The number of aliphatic carboxylic acids is 1. The Labute approximate surface area is 239 Å². The van der Waals surface area contributed by atoms with Crippen LogP contribution in [0.1, 0.15) is 90.4 Å². The fourth-order valence-electron chi connectivity index (χ4n) is 4.84. The summed E-state index contributed by atoms with van der Waals surface area (Å²) in [6.07, 6.45) is 7.82. The first-order valence-electron chi connectivity index (χ1n) is 14.5. The van der Waals surface area contributed by atoms with Crippen LogP contribution >= 0.6 is 0 Å². The van der Waals surface area contributed by atoms with E-state index in [0.29, 0.717) is 19.3 Å². The van der Waals surface area contributed by atoms with Gasteiger partial charge in [-0.25, -0.2) is 24.0 Å². The van der Waals surface area contributed by atoms with E-state index >= 15 is 0 Å². The fraction of sp³-hybridized carbons (Fsp3) is 0.786. The van der Waals surface area contributed by atoms with E-state index in [1.807, 2.05) is 0 Å². The maximum Gasteiger partial charge on any atom is 0.417 e. The largest absolute Gasteiger partial charge is 0.473 e. The number of rotatable bonds is 19. The van der Waals surface area contributed by atoms with Gasteiger partial charge in [0.15, 0.2) is 12.2 Å². The van der Waals surface area contributed by atoms with Crippen molar-refractivity contribution in [2.45, 2.75) is 121 Å². The third kappa shape index (κ3) is 12.6. The van der Waals surface area contributed by atoms with Crippen molar-refractivity contribution < 1.29 is 62.3 Å². The molecule has 1 N–H and O–H groups in total. The Morgan fingerprint density at radius 2 is 1.29 bits per heavy atom. The van der Waals surface area contributed by atoms with Crippen molar-refractivity contribution in [2.75, 3.05) is 19.8 Å². The molecule has 0 spiro atoms. The summed E-state index contributed by atoms with van der Waals surface area (Å²) in [6, 6.07) is 0. The zero-order valence-electron chi connectivity index (χ0n) is 23.6. The minimum Gasteiger partial charge on any atom is -0.473 e. The predicted molar refractivity (Wildman–Crippen MR) is 139 cm³/mol. The number of carbonyl (C=O) groups is 6. The highest BCUT2D eigenvalue weighted by molar-refractivity contribution is 6.29. The van der Waals surface area contributed by atoms with E-state index < -0.39 is 60.4 Å². The molecule has 2 fully saturated rings. The van der Waals surface area contributed by atoms with Gasteiger partial charge >= 0.3 is 29.8 Å². The second-order valence-corrected chi connectivity index (χ2v) is 10.2. The van der Waals surface area contributed by atoms with Crippen molar-refractivity contribution in [3.05, 3.63) is 0 Å². The van der Waals surface area contributed by atoms with E-state index in [0.717, 1.165) is 57.8 Å². The molecule has 2 saturated heterocycles. The van der Waals surface area contributed by atoms with Gasteiger partial charge in [0.05, 0.1) is 19.8 Å². The Bertz CT molecular complexity index is 873. The summed E-state index contributed by atoms with van der Waals surface area (Å²) in [5, 5.41) is 8.49. The number of esters is 4.